The van der Waals surface area contributed by atoms with Gasteiger partial charge in [0.15, 0.2) is 11.8 Å². The number of rotatable bonds is 3. The van der Waals surface area contributed by atoms with Gasteiger partial charge in [-0.2, -0.15) is 9.61 Å². The molecule has 0 saturated carbocycles. The summed E-state index contributed by atoms with van der Waals surface area (Å²) in [6.45, 7) is 16.1. The molecule has 48 heavy (non-hydrogen) atoms. The third-order valence-electron chi connectivity index (χ3n) is 9.25. The number of aromatic nitrogens is 3. The number of benzene rings is 2. The molecule has 254 valence electrons. The summed E-state index contributed by atoms with van der Waals surface area (Å²) in [7, 11) is 1.39. The fourth-order valence-corrected chi connectivity index (χ4v) is 6.70. The minimum atomic E-state index is -0.986. The van der Waals surface area contributed by atoms with Gasteiger partial charge in [-0.1, -0.05) is 42.5 Å². The van der Waals surface area contributed by atoms with E-state index >= 15 is 0 Å². The number of fused-ring (bicyclic) bond motifs is 7. The third kappa shape index (κ3) is 6.98. The van der Waals surface area contributed by atoms with E-state index in [0.29, 0.717) is 36.6 Å². The van der Waals surface area contributed by atoms with Crippen LogP contribution in [0.4, 0.5) is 5.82 Å². The fourth-order valence-electron chi connectivity index (χ4n) is 6.70. The van der Waals surface area contributed by atoms with E-state index in [0.717, 1.165) is 58.8 Å². The molecular formula is C39H48N4O5. The first-order valence-corrected chi connectivity index (χ1v) is 16.9. The second-order valence-electron chi connectivity index (χ2n) is 14.3. The van der Waals surface area contributed by atoms with Gasteiger partial charge in [0.05, 0.1) is 42.3 Å². The highest BCUT2D eigenvalue weighted by atomic mass is 16.6. The zero-order valence-electron chi connectivity index (χ0n) is 29.5. The fraction of sp³-hybridized carbons (Fsp3) is 0.462. The average molecular weight is 653 g/mol. The lowest BCUT2D eigenvalue weighted by atomic mass is 9.92. The van der Waals surface area contributed by atoms with Crippen LogP contribution in [0.1, 0.15) is 76.8 Å². The predicted molar refractivity (Wildman–Crippen MR) is 189 cm³/mol. The molecule has 0 unspecified atom stereocenters. The van der Waals surface area contributed by atoms with Crippen LogP contribution in [0.2, 0.25) is 0 Å². The maximum Gasteiger partial charge on any atom is 0.339 e. The lowest BCUT2D eigenvalue weighted by Crippen LogP contribution is -2.45. The average Bonchev–Trinajstić information content (AvgIpc) is 3.46. The van der Waals surface area contributed by atoms with Crippen LogP contribution in [0, 0.1) is 13.8 Å². The SMILES string of the molecule is COC(=O)[C@@H](OC(C)(C)C)c1c(C)nc2cc3nn2c1N1CCC(C)(CC1)OC/C=C\C[C@H](C)Oc1cccc(C)c1-c1cccc-3c1. The monoisotopic (exact) mass is 652 g/mol. The van der Waals surface area contributed by atoms with Gasteiger partial charge in [-0.15, -0.1) is 0 Å². The molecule has 0 radical (unpaired) electrons. The molecule has 0 amide bonds. The number of hydrogen-bond acceptors (Lipinski definition) is 8. The number of carbonyl (C=O) groups is 1. The van der Waals surface area contributed by atoms with Crippen LogP contribution in [0.15, 0.2) is 60.7 Å². The molecule has 2 aromatic heterocycles. The van der Waals surface area contributed by atoms with E-state index < -0.39 is 17.7 Å². The summed E-state index contributed by atoms with van der Waals surface area (Å²) in [5, 5.41) is 5.18. The zero-order chi connectivity index (χ0) is 34.2. The number of esters is 1. The molecule has 9 heteroatoms. The van der Waals surface area contributed by atoms with Crippen molar-refractivity contribution in [1.29, 1.82) is 0 Å². The maximum absolute atomic E-state index is 13.4. The molecule has 6 bridgehead atoms. The van der Waals surface area contributed by atoms with Crippen LogP contribution >= 0.6 is 0 Å². The molecule has 2 aromatic carbocycles. The van der Waals surface area contributed by atoms with Crippen molar-refractivity contribution >= 4 is 17.4 Å². The molecule has 1 fully saturated rings. The number of carbonyl (C=O) groups excluding carboxylic acids is 1. The second-order valence-corrected chi connectivity index (χ2v) is 14.3. The number of aryl methyl sites for hydroxylation is 2. The van der Waals surface area contributed by atoms with Crippen molar-refractivity contribution in [2.75, 3.05) is 31.7 Å². The van der Waals surface area contributed by atoms with Crippen molar-refractivity contribution in [3.8, 4) is 28.1 Å². The summed E-state index contributed by atoms with van der Waals surface area (Å²) in [6.07, 6.45) is 5.63. The van der Waals surface area contributed by atoms with Crippen molar-refractivity contribution in [3.63, 3.8) is 0 Å². The highest BCUT2D eigenvalue weighted by molar-refractivity contribution is 5.81. The number of piperidine rings is 1. The molecule has 9 nitrogen and oxygen atoms in total. The van der Waals surface area contributed by atoms with Gasteiger partial charge in [-0.3, -0.25) is 0 Å². The molecule has 3 aliphatic rings. The Kier molecular flexibility index (Phi) is 9.37. The summed E-state index contributed by atoms with van der Waals surface area (Å²) in [4.78, 5) is 20.7. The highest BCUT2D eigenvalue weighted by Gasteiger charge is 2.38. The zero-order valence-corrected chi connectivity index (χ0v) is 29.5. The molecule has 0 N–H and O–H groups in total. The Morgan fingerprint density at radius 2 is 1.77 bits per heavy atom. The number of ether oxygens (including phenoxy) is 4. The quantitative estimate of drug-likeness (QED) is 0.164. The van der Waals surface area contributed by atoms with Crippen molar-refractivity contribution in [2.45, 2.75) is 91.1 Å². The smallest absolute Gasteiger partial charge is 0.339 e. The van der Waals surface area contributed by atoms with E-state index in [1.807, 2.05) is 50.4 Å². The van der Waals surface area contributed by atoms with Gasteiger partial charge in [0.25, 0.3) is 0 Å². The van der Waals surface area contributed by atoms with Crippen LogP contribution in [-0.2, 0) is 19.0 Å². The summed E-state index contributed by atoms with van der Waals surface area (Å²) in [5.41, 5.74) is 6.12. The molecule has 2 atom stereocenters. The van der Waals surface area contributed by atoms with E-state index in [1.165, 1.54) is 7.11 Å². The number of hydrogen-bond donors (Lipinski definition) is 0. The molecular weight excluding hydrogens is 604 g/mol. The van der Waals surface area contributed by atoms with Gasteiger partial charge >= 0.3 is 5.97 Å². The van der Waals surface area contributed by atoms with Gasteiger partial charge in [-0.25, -0.2) is 9.78 Å². The summed E-state index contributed by atoms with van der Waals surface area (Å²) in [5.74, 6) is 1.17. The topological polar surface area (TPSA) is 87.4 Å². The maximum atomic E-state index is 13.4. The first kappa shape index (κ1) is 33.7. The predicted octanol–water partition coefficient (Wildman–Crippen LogP) is 7.81. The minimum absolute atomic E-state index is 0.00847. The van der Waals surface area contributed by atoms with Crippen LogP contribution < -0.4 is 9.64 Å². The summed E-state index contributed by atoms with van der Waals surface area (Å²) < 4.78 is 26.6. The number of nitrogens with zero attached hydrogens (tertiary/aromatic N) is 4. The van der Waals surface area contributed by atoms with Gasteiger partial charge in [-0.05, 0) is 84.6 Å². The van der Waals surface area contributed by atoms with E-state index in [2.05, 4.69) is 68.2 Å². The normalized spacial score (nSPS) is 21.4. The second kappa shape index (κ2) is 13.4. The van der Waals surface area contributed by atoms with Crippen molar-refractivity contribution in [1.82, 2.24) is 14.6 Å². The van der Waals surface area contributed by atoms with E-state index in [9.17, 15) is 4.79 Å². The van der Waals surface area contributed by atoms with Gasteiger partial charge < -0.3 is 23.8 Å². The first-order valence-electron chi connectivity index (χ1n) is 16.9. The Morgan fingerprint density at radius 3 is 2.50 bits per heavy atom. The largest absolute Gasteiger partial charge is 0.490 e. The Labute approximate surface area is 283 Å². The van der Waals surface area contributed by atoms with Crippen LogP contribution in [0.3, 0.4) is 0 Å². The lowest BCUT2D eigenvalue weighted by Gasteiger charge is -2.41. The van der Waals surface area contributed by atoms with Crippen molar-refractivity contribution in [3.05, 3.63) is 77.5 Å². The third-order valence-corrected chi connectivity index (χ3v) is 9.25. The molecule has 4 aromatic rings. The number of methoxy groups -OCH3 is 1. The Balaban J connectivity index is 1.56. The standard InChI is InChI=1S/C39H48N4O5/c1-25-13-11-17-31-33(25)29-16-12-15-28(23-29)30-24-32-40-27(3)34(35(37(44)45-8)48-38(4,5)6)36(43(32)41-30)42-20-18-39(7,19-21-42)46-22-10-9-14-26(2)47-31/h9-13,15-17,23-24,26,35H,14,18-22H2,1-8H3/b10-9-/t26-,35-/m0/s1. The molecule has 0 aliphatic carbocycles. The van der Waals surface area contributed by atoms with E-state index in [-0.39, 0.29) is 11.7 Å². The van der Waals surface area contributed by atoms with E-state index in [4.69, 9.17) is 29.0 Å². The molecule has 5 heterocycles. The van der Waals surface area contributed by atoms with Gasteiger partial charge in [0.2, 0.25) is 0 Å². The van der Waals surface area contributed by atoms with Gasteiger partial charge in [0.1, 0.15) is 11.6 Å². The van der Waals surface area contributed by atoms with Crippen molar-refractivity contribution in [2.24, 2.45) is 0 Å². The number of anilines is 1. The molecule has 7 rings (SSSR count). The minimum Gasteiger partial charge on any atom is -0.490 e. The van der Waals surface area contributed by atoms with Crippen LogP contribution in [0.25, 0.3) is 28.0 Å². The lowest BCUT2D eigenvalue weighted by molar-refractivity contribution is -0.164. The summed E-state index contributed by atoms with van der Waals surface area (Å²) >= 11 is 0. The van der Waals surface area contributed by atoms with Gasteiger partial charge in [0, 0.05) is 42.4 Å². The Hall–Kier alpha value is -4.21. The summed E-state index contributed by atoms with van der Waals surface area (Å²) in [6, 6.07) is 16.6. The molecule has 3 aliphatic heterocycles. The van der Waals surface area contributed by atoms with Crippen molar-refractivity contribution < 1.29 is 23.7 Å². The Bertz CT molecular complexity index is 1830. The molecule has 0 spiro atoms. The molecule has 1 saturated heterocycles. The first-order chi connectivity index (χ1) is 22.9. The Morgan fingerprint density at radius 1 is 1.04 bits per heavy atom. The van der Waals surface area contributed by atoms with E-state index in [1.54, 1.807) is 0 Å². The highest BCUT2D eigenvalue weighted by Crippen LogP contribution is 2.40. The van der Waals surface area contributed by atoms with Crippen LogP contribution in [0.5, 0.6) is 5.75 Å². The van der Waals surface area contributed by atoms with Crippen LogP contribution in [-0.4, -0.2) is 64.7 Å².